The predicted octanol–water partition coefficient (Wildman–Crippen LogP) is 4.05. The van der Waals surface area contributed by atoms with E-state index in [0.29, 0.717) is 13.2 Å². The van der Waals surface area contributed by atoms with Crippen molar-refractivity contribution in [1.82, 2.24) is 19.7 Å². The summed E-state index contributed by atoms with van der Waals surface area (Å²) in [5.74, 6) is 2.60. The van der Waals surface area contributed by atoms with Crippen LogP contribution in [0.25, 0.3) is 11.4 Å². The molecule has 2 heterocycles. The first kappa shape index (κ1) is 22.2. The van der Waals surface area contributed by atoms with E-state index in [4.69, 9.17) is 9.47 Å². The zero-order chi connectivity index (χ0) is 22.5. The van der Waals surface area contributed by atoms with Crippen molar-refractivity contribution in [3.05, 3.63) is 54.1 Å². The summed E-state index contributed by atoms with van der Waals surface area (Å²) in [4.78, 5) is 14.5. The Hall–Kier alpha value is -3.00. The Bertz CT molecular complexity index is 1080. The predicted molar refractivity (Wildman–Crippen MR) is 125 cm³/mol. The second-order valence-electron chi connectivity index (χ2n) is 7.89. The second kappa shape index (κ2) is 10.1. The fourth-order valence-corrected chi connectivity index (χ4v) is 4.52. The summed E-state index contributed by atoms with van der Waals surface area (Å²) in [6.45, 7) is 5.87. The molecule has 32 heavy (non-hydrogen) atoms. The van der Waals surface area contributed by atoms with Gasteiger partial charge in [0.05, 0.1) is 12.3 Å². The van der Waals surface area contributed by atoms with Crippen LogP contribution in [0.3, 0.4) is 0 Å². The van der Waals surface area contributed by atoms with E-state index in [9.17, 15) is 4.79 Å². The number of likely N-dealkylation sites (N-methyl/N-ethyl adjacent to an activating group) is 1. The topological polar surface area (TPSA) is 69.5 Å². The van der Waals surface area contributed by atoms with Gasteiger partial charge in [0.15, 0.2) is 28.6 Å². The van der Waals surface area contributed by atoms with Gasteiger partial charge < -0.3 is 18.9 Å². The summed E-state index contributed by atoms with van der Waals surface area (Å²) in [7, 11) is 1.79. The number of aryl methyl sites for hydroxylation is 1. The Balaban J connectivity index is 1.37. The van der Waals surface area contributed by atoms with Gasteiger partial charge in [-0.25, -0.2) is 0 Å². The van der Waals surface area contributed by atoms with E-state index in [1.54, 1.807) is 11.9 Å². The van der Waals surface area contributed by atoms with Crippen molar-refractivity contribution < 1.29 is 14.3 Å². The van der Waals surface area contributed by atoms with E-state index in [2.05, 4.69) is 40.7 Å². The zero-order valence-corrected chi connectivity index (χ0v) is 19.5. The Kier molecular flexibility index (Phi) is 6.99. The van der Waals surface area contributed by atoms with Crippen molar-refractivity contribution in [2.24, 2.45) is 0 Å². The van der Waals surface area contributed by atoms with Gasteiger partial charge in [0.2, 0.25) is 5.91 Å². The first-order chi connectivity index (χ1) is 15.5. The van der Waals surface area contributed by atoms with Crippen LogP contribution in [0.15, 0.2) is 53.7 Å². The minimum absolute atomic E-state index is 0.0145. The van der Waals surface area contributed by atoms with Crippen molar-refractivity contribution in [2.45, 2.75) is 38.1 Å². The monoisotopic (exact) mass is 452 g/mol. The Morgan fingerprint density at radius 2 is 2.00 bits per heavy atom. The van der Waals surface area contributed by atoms with Gasteiger partial charge in [-0.1, -0.05) is 54.6 Å². The molecule has 1 aliphatic rings. The number of rotatable bonds is 8. The molecule has 0 saturated carbocycles. The van der Waals surface area contributed by atoms with Gasteiger partial charge in [-0.2, -0.15) is 0 Å². The molecule has 2 aromatic carbocycles. The van der Waals surface area contributed by atoms with E-state index in [0.717, 1.165) is 41.0 Å². The van der Waals surface area contributed by atoms with Crippen LogP contribution < -0.4 is 9.47 Å². The van der Waals surface area contributed by atoms with Crippen LogP contribution in [0.1, 0.15) is 18.9 Å². The van der Waals surface area contributed by atoms with E-state index in [1.165, 1.54) is 17.3 Å². The minimum atomic E-state index is -0.194. The molecule has 8 heteroatoms. The molecule has 0 radical (unpaired) electrons. The van der Waals surface area contributed by atoms with Crippen LogP contribution in [0.2, 0.25) is 0 Å². The number of amides is 1. The number of ether oxygens (including phenoxy) is 2. The number of hydrogen-bond acceptors (Lipinski definition) is 6. The number of aromatic nitrogens is 3. The van der Waals surface area contributed by atoms with Crippen LogP contribution in [-0.2, 0) is 11.3 Å². The number of hydrogen-bond donors (Lipinski definition) is 0. The maximum Gasteiger partial charge on any atom is 0.232 e. The Labute approximate surface area is 192 Å². The lowest BCUT2D eigenvalue weighted by Gasteiger charge is -2.29. The first-order valence-electron chi connectivity index (χ1n) is 10.8. The maximum atomic E-state index is 12.8. The smallest absolute Gasteiger partial charge is 0.232 e. The van der Waals surface area contributed by atoms with Crippen LogP contribution >= 0.6 is 11.8 Å². The fraction of sp³-hybridized carbons (Fsp3) is 0.375. The second-order valence-corrected chi connectivity index (χ2v) is 8.83. The molecule has 168 valence electrons. The highest BCUT2D eigenvalue weighted by atomic mass is 32.2. The van der Waals surface area contributed by atoms with Gasteiger partial charge in [0, 0.05) is 19.2 Å². The number of fused-ring (bicyclic) bond motifs is 1. The molecule has 1 aliphatic heterocycles. The SMILES string of the molecule is CCCn1c(SCC(=O)N(C)CC2COc3ccccc3O2)nnc1-c1cccc(C)c1. The molecular weight excluding hydrogens is 424 g/mol. The molecule has 1 aromatic heterocycles. The van der Waals surface area contributed by atoms with Crippen molar-refractivity contribution in [3.63, 3.8) is 0 Å². The van der Waals surface area contributed by atoms with Crippen molar-refractivity contribution >= 4 is 17.7 Å². The highest BCUT2D eigenvalue weighted by molar-refractivity contribution is 7.99. The fourth-order valence-electron chi connectivity index (χ4n) is 3.62. The molecule has 4 rings (SSSR count). The molecule has 1 unspecified atom stereocenters. The van der Waals surface area contributed by atoms with E-state index in [-0.39, 0.29) is 17.8 Å². The number of carbonyl (C=O) groups is 1. The van der Waals surface area contributed by atoms with E-state index >= 15 is 0 Å². The van der Waals surface area contributed by atoms with Crippen LogP contribution in [-0.4, -0.2) is 57.6 Å². The van der Waals surface area contributed by atoms with E-state index in [1.807, 2.05) is 36.4 Å². The van der Waals surface area contributed by atoms with Gasteiger partial charge in [-0.3, -0.25) is 4.79 Å². The molecule has 0 fully saturated rings. The Morgan fingerprint density at radius 1 is 1.19 bits per heavy atom. The number of thioether (sulfide) groups is 1. The lowest BCUT2D eigenvalue weighted by molar-refractivity contribution is -0.128. The minimum Gasteiger partial charge on any atom is -0.486 e. The standard InChI is InChI=1S/C24H28N4O3S/c1-4-12-28-23(18-9-7-8-17(2)13-18)25-26-24(28)32-16-22(29)27(3)14-19-15-30-20-10-5-6-11-21(20)31-19/h5-11,13,19H,4,12,14-16H2,1-3H3. The third-order valence-electron chi connectivity index (χ3n) is 5.24. The molecule has 7 nitrogen and oxygen atoms in total. The number of carbonyl (C=O) groups excluding carboxylic acids is 1. The molecule has 0 saturated heterocycles. The van der Waals surface area contributed by atoms with Crippen LogP contribution in [0.4, 0.5) is 0 Å². The molecule has 0 N–H and O–H groups in total. The van der Waals surface area contributed by atoms with Crippen LogP contribution in [0.5, 0.6) is 11.5 Å². The molecule has 0 spiro atoms. The van der Waals surface area contributed by atoms with Gasteiger partial charge in [0.1, 0.15) is 6.61 Å². The summed E-state index contributed by atoms with van der Waals surface area (Å²) in [6.07, 6.45) is 0.763. The van der Waals surface area contributed by atoms with Crippen molar-refractivity contribution in [1.29, 1.82) is 0 Å². The summed E-state index contributed by atoms with van der Waals surface area (Å²) in [5, 5.41) is 9.55. The third kappa shape index (κ3) is 5.07. The molecule has 1 amide bonds. The lowest BCUT2D eigenvalue weighted by atomic mass is 10.1. The van der Waals surface area contributed by atoms with Gasteiger partial charge in [0.25, 0.3) is 0 Å². The molecular formula is C24H28N4O3S. The average Bonchev–Trinajstić information content (AvgIpc) is 3.20. The van der Waals surface area contributed by atoms with Gasteiger partial charge in [-0.05, 0) is 31.5 Å². The molecule has 1 atom stereocenters. The van der Waals surface area contributed by atoms with Crippen LogP contribution in [0, 0.1) is 6.92 Å². The van der Waals surface area contributed by atoms with Gasteiger partial charge in [-0.15, -0.1) is 10.2 Å². The van der Waals surface area contributed by atoms with Gasteiger partial charge >= 0.3 is 0 Å². The normalized spacial score (nSPS) is 14.9. The zero-order valence-electron chi connectivity index (χ0n) is 18.7. The number of nitrogens with zero attached hydrogens (tertiary/aromatic N) is 4. The lowest BCUT2D eigenvalue weighted by Crippen LogP contribution is -2.42. The van der Waals surface area contributed by atoms with Crippen molar-refractivity contribution in [2.75, 3.05) is 26.0 Å². The number of para-hydroxylation sites is 2. The first-order valence-corrected chi connectivity index (χ1v) is 11.8. The molecule has 0 aliphatic carbocycles. The largest absolute Gasteiger partial charge is 0.486 e. The van der Waals surface area contributed by atoms with E-state index < -0.39 is 0 Å². The summed E-state index contributed by atoms with van der Waals surface area (Å²) in [6, 6.07) is 15.8. The molecule has 0 bridgehead atoms. The summed E-state index contributed by atoms with van der Waals surface area (Å²) < 4.78 is 13.8. The highest BCUT2D eigenvalue weighted by Crippen LogP contribution is 2.31. The maximum absolute atomic E-state index is 12.8. The quantitative estimate of drug-likeness (QED) is 0.480. The summed E-state index contributed by atoms with van der Waals surface area (Å²) in [5.41, 5.74) is 2.21. The number of benzene rings is 2. The summed E-state index contributed by atoms with van der Waals surface area (Å²) >= 11 is 1.42. The average molecular weight is 453 g/mol. The Morgan fingerprint density at radius 3 is 2.78 bits per heavy atom. The molecule has 3 aromatic rings. The highest BCUT2D eigenvalue weighted by Gasteiger charge is 2.24. The van der Waals surface area contributed by atoms with Crippen molar-refractivity contribution in [3.8, 4) is 22.9 Å². The third-order valence-corrected chi connectivity index (χ3v) is 6.19.